The normalized spacial score (nSPS) is 10.5. The number of aromatic nitrogens is 1. The summed E-state index contributed by atoms with van der Waals surface area (Å²) >= 11 is 1.23. The number of nitrogens with zero attached hydrogens (tertiary/aromatic N) is 1. The second kappa shape index (κ2) is 3.74. The topological polar surface area (TPSA) is 38.9 Å². The van der Waals surface area contributed by atoms with Gasteiger partial charge >= 0.3 is 0 Å². The summed E-state index contributed by atoms with van der Waals surface area (Å²) in [6.45, 7) is 4.25. The molecule has 0 saturated heterocycles. The Labute approximate surface area is 71.3 Å². The fourth-order valence-electron chi connectivity index (χ4n) is 0.803. The Morgan fingerprint density at radius 1 is 1.45 bits per heavy atom. The molecule has 0 saturated carbocycles. The molecule has 0 aliphatic heterocycles. The molecule has 0 aromatic carbocycles. The van der Waals surface area contributed by atoms with Gasteiger partial charge in [-0.2, -0.15) is 0 Å². The molecule has 0 aliphatic rings. The minimum absolute atomic E-state index is 0.492. The Kier molecular flexibility index (Phi) is 2.91. The largest absolute Gasteiger partial charge is 0.274 e. The van der Waals surface area contributed by atoms with E-state index in [4.69, 9.17) is 5.14 Å². The van der Waals surface area contributed by atoms with Crippen LogP contribution in [0.5, 0.6) is 0 Å². The van der Waals surface area contributed by atoms with Crippen LogP contribution >= 0.6 is 11.9 Å². The molecular weight excluding hydrogens is 156 g/mol. The van der Waals surface area contributed by atoms with Crippen LogP contribution in [-0.2, 0) is 0 Å². The van der Waals surface area contributed by atoms with Gasteiger partial charge < -0.3 is 0 Å². The van der Waals surface area contributed by atoms with E-state index in [0.29, 0.717) is 5.92 Å². The molecule has 1 aromatic heterocycles. The summed E-state index contributed by atoms with van der Waals surface area (Å²) in [6.07, 6.45) is 1.81. The molecule has 2 nitrogen and oxygen atoms in total. The highest BCUT2D eigenvalue weighted by Crippen LogP contribution is 2.14. The monoisotopic (exact) mass is 168 g/mol. The molecule has 0 fully saturated rings. The van der Waals surface area contributed by atoms with Crippen molar-refractivity contribution in [3.05, 3.63) is 24.0 Å². The van der Waals surface area contributed by atoms with Gasteiger partial charge in [0.1, 0.15) is 0 Å². The molecule has 11 heavy (non-hydrogen) atoms. The summed E-state index contributed by atoms with van der Waals surface area (Å²) in [7, 11) is 0. The average Bonchev–Trinajstić information content (AvgIpc) is 2.05. The smallest absolute Gasteiger partial charge is 0.0429 e. The SMILES string of the molecule is CC(C)c1ccc(SN)cn1. The standard InChI is InChI=1S/C8H12N2S/c1-6(2)8-4-3-7(11-9)5-10-8/h3-6H,9H2,1-2H3. The molecule has 3 heteroatoms. The van der Waals surface area contributed by atoms with E-state index in [2.05, 4.69) is 18.8 Å². The van der Waals surface area contributed by atoms with Crippen LogP contribution in [0, 0.1) is 0 Å². The fraction of sp³-hybridized carbons (Fsp3) is 0.375. The van der Waals surface area contributed by atoms with E-state index < -0.39 is 0 Å². The molecule has 0 radical (unpaired) electrons. The summed E-state index contributed by atoms with van der Waals surface area (Å²) < 4.78 is 0. The van der Waals surface area contributed by atoms with Crippen LogP contribution in [-0.4, -0.2) is 4.98 Å². The first-order valence-corrected chi connectivity index (χ1v) is 4.44. The van der Waals surface area contributed by atoms with Crippen LogP contribution in [0.2, 0.25) is 0 Å². The second-order valence-electron chi connectivity index (χ2n) is 2.69. The zero-order chi connectivity index (χ0) is 8.27. The quantitative estimate of drug-likeness (QED) is 0.688. The first-order chi connectivity index (χ1) is 5.24. The summed E-state index contributed by atoms with van der Waals surface area (Å²) in [4.78, 5) is 5.26. The van der Waals surface area contributed by atoms with Crippen molar-refractivity contribution in [1.82, 2.24) is 4.98 Å². The Bertz CT molecular complexity index is 218. The highest BCUT2D eigenvalue weighted by molar-refractivity contribution is 7.97. The lowest BCUT2D eigenvalue weighted by molar-refractivity contribution is 0.818. The Morgan fingerprint density at radius 2 is 2.18 bits per heavy atom. The van der Waals surface area contributed by atoms with Crippen LogP contribution < -0.4 is 5.14 Å². The summed E-state index contributed by atoms with van der Waals surface area (Å²) in [5.41, 5.74) is 1.11. The first kappa shape index (κ1) is 8.56. The minimum atomic E-state index is 0.492. The zero-order valence-electron chi connectivity index (χ0n) is 6.74. The van der Waals surface area contributed by atoms with Crippen molar-refractivity contribution >= 4 is 11.9 Å². The number of hydrogen-bond donors (Lipinski definition) is 1. The molecule has 60 valence electrons. The van der Waals surface area contributed by atoms with Gasteiger partial charge in [0.15, 0.2) is 0 Å². The minimum Gasteiger partial charge on any atom is -0.274 e. The van der Waals surface area contributed by atoms with Gasteiger partial charge in [0.25, 0.3) is 0 Å². The van der Waals surface area contributed by atoms with E-state index in [1.54, 1.807) is 6.20 Å². The van der Waals surface area contributed by atoms with Gasteiger partial charge in [-0.05, 0) is 30.0 Å². The maximum absolute atomic E-state index is 5.35. The fourth-order valence-corrected chi connectivity index (χ4v) is 1.06. The molecule has 1 rings (SSSR count). The summed E-state index contributed by atoms with van der Waals surface area (Å²) in [5.74, 6) is 0.492. The lowest BCUT2D eigenvalue weighted by Gasteiger charge is -2.03. The summed E-state index contributed by atoms with van der Waals surface area (Å²) in [5, 5.41) is 5.35. The molecule has 1 heterocycles. The maximum Gasteiger partial charge on any atom is 0.0429 e. The van der Waals surface area contributed by atoms with Crippen molar-refractivity contribution in [3.63, 3.8) is 0 Å². The van der Waals surface area contributed by atoms with Crippen molar-refractivity contribution in [2.45, 2.75) is 24.7 Å². The molecule has 0 atom stereocenters. The van der Waals surface area contributed by atoms with Gasteiger partial charge in [0, 0.05) is 16.8 Å². The van der Waals surface area contributed by atoms with E-state index in [1.165, 1.54) is 11.9 Å². The molecule has 0 aliphatic carbocycles. The lowest BCUT2D eigenvalue weighted by atomic mass is 10.1. The number of rotatable bonds is 2. The third-order valence-corrected chi connectivity index (χ3v) is 2.00. The maximum atomic E-state index is 5.35. The van der Waals surface area contributed by atoms with Gasteiger partial charge in [-0.15, -0.1) is 0 Å². The predicted octanol–water partition coefficient (Wildman–Crippen LogP) is 2.17. The van der Waals surface area contributed by atoms with E-state index in [9.17, 15) is 0 Å². The zero-order valence-corrected chi connectivity index (χ0v) is 7.56. The van der Waals surface area contributed by atoms with Crippen LogP contribution in [0.25, 0.3) is 0 Å². The van der Waals surface area contributed by atoms with Gasteiger partial charge in [-0.3, -0.25) is 10.1 Å². The highest BCUT2D eigenvalue weighted by atomic mass is 32.2. The molecule has 0 spiro atoms. The Hall–Kier alpha value is -0.540. The average molecular weight is 168 g/mol. The van der Waals surface area contributed by atoms with Crippen molar-refractivity contribution in [1.29, 1.82) is 0 Å². The van der Waals surface area contributed by atoms with Crippen LogP contribution in [0.15, 0.2) is 23.2 Å². The molecule has 0 amide bonds. The van der Waals surface area contributed by atoms with Crippen LogP contribution in [0.3, 0.4) is 0 Å². The van der Waals surface area contributed by atoms with E-state index >= 15 is 0 Å². The van der Waals surface area contributed by atoms with E-state index in [-0.39, 0.29) is 0 Å². The third-order valence-electron chi connectivity index (χ3n) is 1.49. The molecular formula is C8H12N2S. The van der Waals surface area contributed by atoms with E-state index in [1.807, 2.05) is 12.1 Å². The van der Waals surface area contributed by atoms with Crippen molar-refractivity contribution in [2.24, 2.45) is 5.14 Å². The Balaban J connectivity index is 2.83. The van der Waals surface area contributed by atoms with Crippen LogP contribution in [0.4, 0.5) is 0 Å². The molecule has 2 N–H and O–H groups in total. The van der Waals surface area contributed by atoms with Crippen molar-refractivity contribution < 1.29 is 0 Å². The van der Waals surface area contributed by atoms with E-state index in [0.717, 1.165) is 10.6 Å². The third kappa shape index (κ3) is 2.20. The number of pyridine rings is 1. The number of nitrogens with two attached hydrogens (primary N) is 1. The molecule has 1 aromatic rings. The van der Waals surface area contributed by atoms with Crippen molar-refractivity contribution in [3.8, 4) is 0 Å². The van der Waals surface area contributed by atoms with Gasteiger partial charge in [-0.1, -0.05) is 13.8 Å². The second-order valence-corrected chi connectivity index (χ2v) is 3.40. The van der Waals surface area contributed by atoms with Gasteiger partial charge in [-0.25, -0.2) is 0 Å². The van der Waals surface area contributed by atoms with Gasteiger partial charge in [0.2, 0.25) is 0 Å². The van der Waals surface area contributed by atoms with Gasteiger partial charge in [0.05, 0.1) is 0 Å². The summed E-state index contributed by atoms with van der Waals surface area (Å²) in [6, 6.07) is 4.01. The molecule has 0 unspecified atom stereocenters. The first-order valence-electron chi connectivity index (χ1n) is 3.56. The highest BCUT2D eigenvalue weighted by Gasteiger charge is 1.98. The van der Waals surface area contributed by atoms with Crippen molar-refractivity contribution in [2.75, 3.05) is 0 Å². The van der Waals surface area contributed by atoms with Crippen LogP contribution in [0.1, 0.15) is 25.5 Å². The number of hydrogen-bond acceptors (Lipinski definition) is 3. The predicted molar refractivity (Wildman–Crippen MR) is 48.4 cm³/mol. The molecule has 0 bridgehead atoms. The lowest BCUT2D eigenvalue weighted by Crippen LogP contribution is -1.91. The Morgan fingerprint density at radius 3 is 2.55 bits per heavy atom.